The van der Waals surface area contributed by atoms with E-state index in [9.17, 15) is 9.59 Å². The van der Waals surface area contributed by atoms with Crippen molar-refractivity contribution in [2.24, 2.45) is 5.92 Å². The summed E-state index contributed by atoms with van der Waals surface area (Å²) in [6.45, 7) is 7.04. The third-order valence-corrected chi connectivity index (χ3v) is 4.81. The van der Waals surface area contributed by atoms with E-state index in [1.165, 1.54) is 0 Å². The highest BCUT2D eigenvalue weighted by Crippen LogP contribution is 2.12. The van der Waals surface area contributed by atoms with Crippen molar-refractivity contribution in [1.29, 1.82) is 0 Å². The molecule has 2 amide bonds. The molecule has 0 saturated carbocycles. The number of hydrogen-bond acceptors (Lipinski definition) is 4. The minimum atomic E-state index is -0.378. The van der Waals surface area contributed by atoms with Crippen LogP contribution in [0, 0.1) is 5.92 Å². The lowest BCUT2D eigenvalue weighted by Crippen LogP contribution is -2.57. The molecule has 2 aromatic rings. The minimum absolute atomic E-state index is 0.0498. The molecular weight excluding hydrogens is 354 g/mol. The molecule has 28 heavy (non-hydrogen) atoms. The Morgan fingerprint density at radius 3 is 2.86 bits per heavy atom. The van der Waals surface area contributed by atoms with Crippen LogP contribution < -0.4 is 10.6 Å². The SMILES string of the molecule is CC(C)CN1CCNC(=O)[C@H]1CC(=O)NCCc1cnn(-c2ccccc2)c1. The van der Waals surface area contributed by atoms with E-state index in [-0.39, 0.29) is 24.3 Å². The van der Waals surface area contributed by atoms with Crippen LogP contribution in [-0.2, 0) is 16.0 Å². The molecule has 7 nitrogen and oxygen atoms in total. The van der Waals surface area contributed by atoms with Gasteiger partial charge in [0.25, 0.3) is 0 Å². The van der Waals surface area contributed by atoms with Gasteiger partial charge in [-0.1, -0.05) is 32.0 Å². The van der Waals surface area contributed by atoms with Gasteiger partial charge in [0.1, 0.15) is 0 Å². The van der Waals surface area contributed by atoms with Gasteiger partial charge >= 0.3 is 0 Å². The molecule has 1 aliphatic rings. The van der Waals surface area contributed by atoms with Crippen LogP contribution >= 0.6 is 0 Å². The first-order valence-electron chi connectivity index (χ1n) is 9.90. The summed E-state index contributed by atoms with van der Waals surface area (Å²) in [6, 6.07) is 9.53. The standard InChI is InChI=1S/C21H29N5O2/c1-16(2)14-25-11-10-23-21(28)19(25)12-20(27)22-9-8-17-13-24-26(15-17)18-6-4-3-5-7-18/h3-7,13,15-16,19H,8-12,14H2,1-2H3,(H,22,27)(H,23,28)/t19-/m1/s1. The van der Waals surface area contributed by atoms with Gasteiger partial charge in [-0.15, -0.1) is 0 Å². The highest BCUT2D eigenvalue weighted by atomic mass is 16.2. The summed E-state index contributed by atoms with van der Waals surface area (Å²) in [6.07, 6.45) is 4.69. The summed E-state index contributed by atoms with van der Waals surface area (Å²) < 4.78 is 1.83. The molecule has 2 N–H and O–H groups in total. The molecule has 1 aromatic carbocycles. The van der Waals surface area contributed by atoms with E-state index in [0.29, 0.717) is 25.4 Å². The number of rotatable bonds is 8. The van der Waals surface area contributed by atoms with Crippen molar-refractivity contribution < 1.29 is 9.59 Å². The molecule has 0 spiro atoms. The van der Waals surface area contributed by atoms with E-state index in [0.717, 1.165) is 24.3 Å². The summed E-state index contributed by atoms with van der Waals surface area (Å²) in [4.78, 5) is 26.7. The molecule has 0 radical (unpaired) electrons. The maximum absolute atomic E-state index is 12.4. The van der Waals surface area contributed by atoms with Crippen molar-refractivity contribution in [2.75, 3.05) is 26.2 Å². The number of amides is 2. The number of carbonyl (C=O) groups excluding carboxylic acids is 2. The number of carbonyl (C=O) groups is 2. The smallest absolute Gasteiger partial charge is 0.237 e. The quantitative estimate of drug-likeness (QED) is 0.722. The third kappa shape index (κ3) is 5.42. The first-order chi connectivity index (χ1) is 13.5. The Morgan fingerprint density at radius 2 is 2.11 bits per heavy atom. The summed E-state index contributed by atoms with van der Waals surface area (Å²) in [7, 11) is 0. The molecule has 0 unspecified atom stereocenters. The number of nitrogens with zero attached hydrogens (tertiary/aromatic N) is 3. The van der Waals surface area contributed by atoms with E-state index in [4.69, 9.17) is 0 Å². The van der Waals surface area contributed by atoms with Gasteiger partial charge in [-0.05, 0) is 30.0 Å². The van der Waals surface area contributed by atoms with Gasteiger partial charge in [0.05, 0.1) is 24.3 Å². The van der Waals surface area contributed by atoms with E-state index < -0.39 is 0 Å². The minimum Gasteiger partial charge on any atom is -0.356 e. The average molecular weight is 383 g/mol. The molecule has 2 heterocycles. The molecule has 1 saturated heterocycles. The molecule has 150 valence electrons. The van der Waals surface area contributed by atoms with Crippen molar-refractivity contribution in [3.63, 3.8) is 0 Å². The fourth-order valence-electron chi connectivity index (χ4n) is 3.48. The zero-order valence-electron chi connectivity index (χ0n) is 16.6. The lowest BCUT2D eigenvalue weighted by molar-refractivity contribution is -0.134. The maximum Gasteiger partial charge on any atom is 0.237 e. The second-order valence-corrected chi connectivity index (χ2v) is 7.63. The fourth-order valence-corrected chi connectivity index (χ4v) is 3.48. The van der Waals surface area contributed by atoms with Gasteiger partial charge in [-0.25, -0.2) is 4.68 Å². The van der Waals surface area contributed by atoms with Crippen LogP contribution in [0.4, 0.5) is 0 Å². The Bertz CT molecular complexity index is 787. The van der Waals surface area contributed by atoms with Crippen molar-refractivity contribution in [3.05, 3.63) is 48.3 Å². The van der Waals surface area contributed by atoms with Crippen LogP contribution in [0.2, 0.25) is 0 Å². The monoisotopic (exact) mass is 383 g/mol. The maximum atomic E-state index is 12.4. The predicted molar refractivity (Wildman–Crippen MR) is 108 cm³/mol. The summed E-state index contributed by atoms with van der Waals surface area (Å²) in [5.74, 6) is 0.315. The van der Waals surface area contributed by atoms with Crippen molar-refractivity contribution in [3.8, 4) is 5.69 Å². The average Bonchev–Trinajstić information content (AvgIpc) is 3.14. The summed E-state index contributed by atoms with van der Waals surface area (Å²) in [5, 5.41) is 10.2. The van der Waals surface area contributed by atoms with Crippen LogP contribution in [0.1, 0.15) is 25.8 Å². The van der Waals surface area contributed by atoms with E-state index in [2.05, 4.69) is 34.5 Å². The molecule has 7 heteroatoms. The molecule has 0 aliphatic carbocycles. The molecular formula is C21H29N5O2. The molecule has 3 rings (SSSR count). The number of para-hydroxylation sites is 1. The Kier molecular flexibility index (Phi) is 6.81. The van der Waals surface area contributed by atoms with Crippen LogP contribution in [-0.4, -0.2) is 58.7 Å². The lowest BCUT2D eigenvalue weighted by atomic mass is 10.1. The van der Waals surface area contributed by atoms with Crippen molar-refractivity contribution >= 4 is 11.8 Å². The Balaban J connectivity index is 1.47. The molecule has 1 aromatic heterocycles. The number of hydrogen-bond donors (Lipinski definition) is 2. The van der Waals surface area contributed by atoms with E-state index in [1.54, 1.807) is 0 Å². The third-order valence-electron chi connectivity index (χ3n) is 4.81. The Hall–Kier alpha value is -2.67. The number of piperazine rings is 1. The topological polar surface area (TPSA) is 79.3 Å². The largest absolute Gasteiger partial charge is 0.356 e. The summed E-state index contributed by atoms with van der Waals surface area (Å²) >= 11 is 0. The second-order valence-electron chi connectivity index (χ2n) is 7.63. The zero-order chi connectivity index (χ0) is 19.9. The van der Waals surface area contributed by atoms with Gasteiger partial charge in [0.2, 0.25) is 11.8 Å². The molecule has 1 atom stereocenters. The number of benzene rings is 1. The van der Waals surface area contributed by atoms with E-state index >= 15 is 0 Å². The predicted octanol–water partition coefficient (Wildman–Crippen LogP) is 1.38. The normalized spacial score (nSPS) is 17.5. The highest BCUT2D eigenvalue weighted by molar-refractivity contribution is 5.88. The first-order valence-corrected chi connectivity index (χ1v) is 9.90. The van der Waals surface area contributed by atoms with Crippen LogP contribution in [0.5, 0.6) is 0 Å². The van der Waals surface area contributed by atoms with Gasteiger partial charge < -0.3 is 10.6 Å². The second kappa shape index (κ2) is 9.50. The molecule has 1 fully saturated rings. The van der Waals surface area contributed by atoms with Crippen LogP contribution in [0.25, 0.3) is 5.69 Å². The first kappa shape index (κ1) is 20.1. The van der Waals surface area contributed by atoms with Gasteiger partial charge in [-0.3, -0.25) is 14.5 Å². The molecule has 1 aliphatic heterocycles. The lowest BCUT2D eigenvalue weighted by Gasteiger charge is -2.35. The van der Waals surface area contributed by atoms with Crippen LogP contribution in [0.15, 0.2) is 42.7 Å². The van der Waals surface area contributed by atoms with Crippen LogP contribution in [0.3, 0.4) is 0 Å². The highest BCUT2D eigenvalue weighted by Gasteiger charge is 2.31. The summed E-state index contributed by atoms with van der Waals surface area (Å²) in [5.41, 5.74) is 2.06. The van der Waals surface area contributed by atoms with Gasteiger partial charge in [-0.2, -0.15) is 5.10 Å². The van der Waals surface area contributed by atoms with Gasteiger partial charge in [0.15, 0.2) is 0 Å². The fraction of sp³-hybridized carbons (Fsp3) is 0.476. The van der Waals surface area contributed by atoms with E-state index in [1.807, 2.05) is 47.4 Å². The molecule has 0 bridgehead atoms. The Morgan fingerprint density at radius 1 is 1.32 bits per heavy atom. The zero-order valence-corrected chi connectivity index (χ0v) is 16.6. The number of nitrogens with one attached hydrogen (secondary N) is 2. The van der Waals surface area contributed by atoms with Gasteiger partial charge in [0, 0.05) is 32.4 Å². The number of aromatic nitrogens is 2. The Labute approximate surface area is 166 Å². The van der Waals surface area contributed by atoms with Crippen molar-refractivity contribution in [1.82, 2.24) is 25.3 Å². The van der Waals surface area contributed by atoms with Crippen molar-refractivity contribution in [2.45, 2.75) is 32.7 Å².